The summed E-state index contributed by atoms with van der Waals surface area (Å²) in [4.78, 5) is 38.3. The standard InChI is InChI=1S/C22H15F3N2O6S2/c1-22(2,17-12(24)4-3-5-13(17)25)35(32,33)10-6-7-11(23)15(8-10)27-19(28)16-14(26-21(27)31)9-34-18(16)20(29)30/h3-9H,1-2H3,(H,26,31)(H,29,30). The summed E-state index contributed by atoms with van der Waals surface area (Å²) in [6.45, 7) is 2.12. The number of thiophene rings is 1. The van der Waals surface area contributed by atoms with Gasteiger partial charge in [-0.15, -0.1) is 11.3 Å². The SMILES string of the molecule is CC(C)(c1c(F)cccc1F)S(=O)(=O)c1ccc(F)c(-n2c(=O)[nH]c3csc(C(=O)O)c3c2=O)c1. The molecule has 0 aliphatic rings. The van der Waals surface area contributed by atoms with E-state index in [1.807, 2.05) is 0 Å². The summed E-state index contributed by atoms with van der Waals surface area (Å²) in [5, 5.41) is 10.2. The number of carboxylic acid groups (broad SMARTS) is 1. The second-order valence-corrected chi connectivity index (χ2v) is 11.3. The summed E-state index contributed by atoms with van der Waals surface area (Å²) < 4.78 is 68.6. The third-order valence-corrected chi connectivity index (χ3v) is 8.94. The first-order valence-electron chi connectivity index (χ1n) is 9.78. The maximum Gasteiger partial charge on any atom is 0.346 e. The molecule has 0 saturated carbocycles. The molecule has 0 amide bonds. The van der Waals surface area contributed by atoms with Crippen LogP contribution in [0, 0.1) is 17.5 Å². The second kappa shape index (κ2) is 8.20. The van der Waals surface area contributed by atoms with E-state index in [9.17, 15) is 41.1 Å². The molecular weight excluding hydrogens is 509 g/mol. The molecule has 4 aromatic rings. The van der Waals surface area contributed by atoms with E-state index < -0.39 is 75.7 Å². The molecule has 0 aliphatic carbocycles. The van der Waals surface area contributed by atoms with Crippen LogP contribution in [0.25, 0.3) is 16.6 Å². The number of rotatable bonds is 5. The molecule has 182 valence electrons. The smallest absolute Gasteiger partial charge is 0.346 e. The van der Waals surface area contributed by atoms with E-state index in [1.165, 1.54) is 5.38 Å². The van der Waals surface area contributed by atoms with Gasteiger partial charge in [-0.25, -0.2) is 35.7 Å². The van der Waals surface area contributed by atoms with Crippen LogP contribution < -0.4 is 11.2 Å². The second-order valence-electron chi connectivity index (χ2n) is 7.95. The van der Waals surface area contributed by atoms with Crippen LogP contribution in [0.15, 0.2) is 56.3 Å². The number of fused-ring (bicyclic) bond motifs is 1. The molecule has 35 heavy (non-hydrogen) atoms. The zero-order valence-corrected chi connectivity index (χ0v) is 19.6. The number of nitrogens with zero attached hydrogens (tertiary/aromatic N) is 1. The summed E-state index contributed by atoms with van der Waals surface area (Å²) in [5.74, 6) is -4.85. The predicted molar refractivity (Wildman–Crippen MR) is 122 cm³/mol. The highest BCUT2D eigenvalue weighted by Crippen LogP contribution is 2.38. The van der Waals surface area contributed by atoms with E-state index in [4.69, 9.17) is 0 Å². The summed E-state index contributed by atoms with van der Waals surface area (Å²) in [5.41, 5.74) is -3.95. The van der Waals surface area contributed by atoms with Crippen molar-refractivity contribution < 1.29 is 31.5 Å². The molecule has 0 radical (unpaired) electrons. The van der Waals surface area contributed by atoms with Crippen LogP contribution >= 0.6 is 11.3 Å². The van der Waals surface area contributed by atoms with Gasteiger partial charge >= 0.3 is 11.7 Å². The Kier molecular flexibility index (Phi) is 5.72. The molecule has 0 unspecified atom stereocenters. The van der Waals surface area contributed by atoms with Crippen molar-refractivity contribution in [3.05, 3.63) is 90.5 Å². The zero-order valence-electron chi connectivity index (χ0n) is 17.9. The van der Waals surface area contributed by atoms with Crippen LogP contribution in [0.1, 0.15) is 29.1 Å². The fraction of sp³-hybridized carbons (Fsp3) is 0.136. The van der Waals surface area contributed by atoms with Crippen molar-refractivity contribution in [3.8, 4) is 5.69 Å². The lowest BCUT2D eigenvalue weighted by molar-refractivity contribution is 0.0704. The maximum atomic E-state index is 14.8. The van der Waals surface area contributed by atoms with Crippen LogP contribution in [0.3, 0.4) is 0 Å². The Morgan fingerprint density at radius 2 is 1.69 bits per heavy atom. The van der Waals surface area contributed by atoms with Gasteiger partial charge in [-0.2, -0.15) is 0 Å². The number of H-pyrrole nitrogens is 1. The monoisotopic (exact) mass is 524 g/mol. The Morgan fingerprint density at radius 1 is 1.06 bits per heavy atom. The molecule has 0 saturated heterocycles. The van der Waals surface area contributed by atoms with Crippen molar-refractivity contribution in [2.45, 2.75) is 23.5 Å². The number of benzene rings is 2. The van der Waals surface area contributed by atoms with Crippen LogP contribution in [-0.4, -0.2) is 29.0 Å². The van der Waals surface area contributed by atoms with E-state index in [0.29, 0.717) is 23.5 Å². The average molecular weight is 524 g/mol. The lowest BCUT2D eigenvalue weighted by Gasteiger charge is -2.26. The predicted octanol–water partition coefficient (Wildman–Crippen LogP) is 3.57. The first-order chi connectivity index (χ1) is 16.3. The molecule has 0 bridgehead atoms. The highest BCUT2D eigenvalue weighted by molar-refractivity contribution is 7.92. The van der Waals surface area contributed by atoms with Crippen molar-refractivity contribution in [2.24, 2.45) is 0 Å². The molecule has 0 atom stereocenters. The van der Waals surface area contributed by atoms with Crippen molar-refractivity contribution in [2.75, 3.05) is 0 Å². The Morgan fingerprint density at radius 3 is 2.29 bits per heavy atom. The fourth-order valence-corrected chi connectivity index (χ4v) is 6.14. The van der Waals surface area contributed by atoms with Crippen molar-refractivity contribution in [1.82, 2.24) is 9.55 Å². The van der Waals surface area contributed by atoms with Gasteiger partial charge in [0.25, 0.3) is 5.56 Å². The van der Waals surface area contributed by atoms with Gasteiger partial charge in [0, 0.05) is 10.9 Å². The molecule has 8 nitrogen and oxygen atoms in total. The molecule has 0 aliphatic heterocycles. The Labute approximate surface area is 198 Å². The largest absolute Gasteiger partial charge is 0.477 e. The number of aromatic nitrogens is 2. The Balaban J connectivity index is 1.98. The van der Waals surface area contributed by atoms with Gasteiger partial charge in [-0.3, -0.25) is 4.79 Å². The van der Waals surface area contributed by atoms with Crippen LogP contribution in [0.2, 0.25) is 0 Å². The first kappa shape index (κ1) is 24.4. The van der Waals surface area contributed by atoms with Gasteiger partial charge < -0.3 is 10.1 Å². The van der Waals surface area contributed by atoms with Crippen LogP contribution in [-0.2, 0) is 14.6 Å². The number of halogens is 3. The van der Waals surface area contributed by atoms with Gasteiger partial charge in [0.2, 0.25) is 0 Å². The van der Waals surface area contributed by atoms with Gasteiger partial charge in [-0.05, 0) is 44.2 Å². The van der Waals surface area contributed by atoms with Crippen LogP contribution in [0.4, 0.5) is 13.2 Å². The number of nitrogens with one attached hydrogen (secondary N) is 1. The Hall–Kier alpha value is -3.71. The normalized spacial score (nSPS) is 12.3. The van der Waals surface area contributed by atoms with Gasteiger partial charge in [0.15, 0.2) is 9.84 Å². The minimum absolute atomic E-state index is 0.0843. The molecule has 0 spiro atoms. The molecule has 2 heterocycles. The van der Waals surface area contributed by atoms with Gasteiger partial charge in [-0.1, -0.05) is 6.07 Å². The van der Waals surface area contributed by atoms with Crippen LogP contribution in [0.5, 0.6) is 0 Å². The van der Waals surface area contributed by atoms with E-state index in [2.05, 4.69) is 4.98 Å². The lowest BCUT2D eigenvalue weighted by Crippen LogP contribution is -2.35. The molecule has 2 aromatic carbocycles. The van der Waals surface area contributed by atoms with Crippen molar-refractivity contribution in [3.63, 3.8) is 0 Å². The van der Waals surface area contributed by atoms with E-state index in [0.717, 1.165) is 38.1 Å². The molecular formula is C22H15F3N2O6S2. The number of sulfone groups is 1. The van der Waals surface area contributed by atoms with E-state index in [1.54, 1.807) is 0 Å². The highest BCUT2D eigenvalue weighted by Gasteiger charge is 2.42. The quantitative estimate of drug-likeness (QED) is 0.385. The molecule has 4 rings (SSSR count). The van der Waals surface area contributed by atoms with Gasteiger partial charge in [0.1, 0.15) is 27.1 Å². The highest BCUT2D eigenvalue weighted by atomic mass is 32.2. The molecule has 0 fully saturated rings. The third-order valence-electron chi connectivity index (χ3n) is 5.55. The summed E-state index contributed by atoms with van der Waals surface area (Å²) in [6, 6.07) is 5.04. The van der Waals surface area contributed by atoms with Crippen molar-refractivity contribution in [1.29, 1.82) is 0 Å². The minimum atomic E-state index is -4.63. The number of hydrogen-bond donors (Lipinski definition) is 2. The van der Waals surface area contributed by atoms with E-state index >= 15 is 0 Å². The lowest BCUT2D eigenvalue weighted by atomic mass is 10.0. The zero-order chi connectivity index (χ0) is 25.9. The first-order valence-corrected chi connectivity index (χ1v) is 12.1. The molecule has 2 N–H and O–H groups in total. The number of aromatic carboxylic acids is 1. The van der Waals surface area contributed by atoms with E-state index in [-0.39, 0.29) is 10.1 Å². The van der Waals surface area contributed by atoms with Crippen molar-refractivity contribution >= 4 is 38.0 Å². The number of aromatic amines is 1. The average Bonchev–Trinajstić information content (AvgIpc) is 3.18. The number of hydrogen-bond acceptors (Lipinski definition) is 6. The topological polar surface area (TPSA) is 126 Å². The minimum Gasteiger partial charge on any atom is -0.477 e. The van der Waals surface area contributed by atoms with Gasteiger partial charge in [0.05, 0.1) is 21.5 Å². The summed E-state index contributed by atoms with van der Waals surface area (Å²) in [7, 11) is -4.63. The summed E-state index contributed by atoms with van der Waals surface area (Å²) >= 11 is 0.669. The number of carboxylic acids is 1. The molecule has 13 heteroatoms. The summed E-state index contributed by atoms with van der Waals surface area (Å²) in [6.07, 6.45) is 0. The molecule has 2 aromatic heterocycles. The third kappa shape index (κ3) is 3.67. The fourth-order valence-electron chi connectivity index (χ4n) is 3.75. The number of carbonyl (C=O) groups is 1. The maximum absolute atomic E-state index is 14.8. The Bertz CT molecular complexity index is 1730.